The molecule has 3 nitrogen and oxygen atoms in total. The molecule has 0 radical (unpaired) electrons. The fraction of sp³-hybridized carbons (Fsp3) is 0.500. The number of fused-ring (bicyclic) bond motifs is 1. The highest BCUT2D eigenvalue weighted by molar-refractivity contribution is 7.99. The normalized spacial score (nSPS) is 20.4. The molecule has 0 amide bonds. The van der Waals surface area contributed by atoms with Crippen LogP contribution in [0.2, 0.25) is 0 Å². The molecule has 18 heavy (non-hydrogen) atoms. The molecule has 1 fully saturated rings. The van der Waals surface area contributed by atoms with E-state index in [9.17, 15) is 4.79 Å². The second-order valence-electron chi connectivity index (χ2n) is 5.05. The van der Waals surface area contributed by atoms with Gasteiger partial charge in [0.05, 0.1) is 11.0 Å². The topological polar surface area (TPSA) is 37.8 Å². The molecule has 0 spiro atoms. The SMILES string of the molecule is Cc1ccc2c(c1)[nH]c(=O)n2CC1CCCCS1. The molecule has 1 unspecified atom stereocenters. The molecule has 0 bridgehead atoms. The van der Waals surface area contributed by atoms with Crippen LogP contribution in [0.15, 0.2) is 23.0 Å². The molecule has 1 N–H and O–H groups in total. The summed E-state index contributed by atoms with van der Waals surface area (Å²) in [6.45, 7) is 2.89. The van der Waals surface area contributed by atoms with Crippen LogP contribution in [0.5, 0.6) is 0 Å². The van der Waals surface area contributed by atoms with Gasteiger partial charge in [0.1, 0.15) is 0 Å². The third kappa shape index (κ3) is 2.21. The summed E-state index contributed by atoms with van der Waals surface area (Å²) in [5.41, 5.74) is 3.21. The second-order valence-corrected chi connectivity index (χ2v) is 6.46. The Morgan fingerprint density at radius 1 is 1.44 bits per heavy atom. The lowest BCUT2D eigenvalue weighted by Gasteiger charge is -2.21. The minimum Gasteiger partial charge on any atom is -0.306 e. The maximum absolute atomic E-state index is 12.0. The molecular weight excluding hydrogens is 244 g/mol. The van der Waals surface area contributed by atoms with Crippen LogP contribution in [0.25, 0.3) is 11.0 Å². The fourth-order valence-electron chi connectivity index (χ4n) is 2.61. The summed E-state index contributed by atoms with van der Waals surface area (Å²) in [5, 5.41) is 0.594. The van der Waals surface area contributed by atoms with Crippen LogP contribution in [-0.2, 0) is 6.54 Å². The highest BCUT2D eigenvalue weighted by Crippen LogP contribution is 2.26. The first kappa shape index (κ1) is 11.9. The van der Waals surface area contributed by atoms with Crippen molar-refractivity contribution in [3.05, 3.63) is 34.2 Å². The monoisotopic (exact) mass is 262 g/mol. The van der Waals surface area contributed by atoms with Crippen LogP contribution >= 0.6 is 11.8 Å². The first-order valence-electron chi connectivity index (χ1n) is 6.55. The smallest absolute Gasteiger partial charge is 0.306 e. The molecule has 96 valence electrons. The number of hydrogen-bond donors (Lipinski definition) is 1. The summed E-state index contributed by atoms with van der Waals surface area (Å²) in [5.74, 6) is 1.24. The quantitative estimate of drug-likeness (QED) is 0.903. The van der Waals surface area contributed by atoms with Crippen molar-refractivity contribution in [1.29, 1.82) is 0 Å². The number of hydrogen-bond acceptors (Lipinski definition) is 2. The van der Waals surface area contributed by atoms with E-state index < -0.39 is 0 Å². The largest absolute Gasteiger partial charge is 0.326 e. The van der Waals surface area contributed by atoms with E-state index in [1.54, 1.807) is 0 Å². The second kappa shape index (κ2) is 4.84. The van der Waals surface area contributed by atoms with Crippen molar-refractivity contribution in [3.63, 3.8) is 0 Å². The number of imidazole rings is 1. The minimum absolute atomic E-state index is 0.0294. The summed E-state index contributed by atoms with van der Waals surface area (Å²) in [6, 6.07) is 6.16. The first-order chi connectivity index (χ1) is 8.74. The number of nitrogens with one attached hydrogen (secondary N) is 1. The van der Waals surface area contributed by atoms with Crippen molar-refractivity contribution in [2.75, 3.05) is 5.75 Å². The van der Waals surface area contributed by atoms with Gasteiger partial charge < -0.3 is 4.98 Å². The predicted octanol–water partition coefficient (Wildman–Crippen LogP) is 2.92. The Morgan fingerprint density at radius 2 is 2.33 bits per heavy atom. The number of nitrogens with zero attached hydrogens (tertiary/aromatic N) is 1. The van der Waals surface area contributed by atoms with Crippen molar-refractivity contribution in [1.82, 2.24) is 9.55 Å². The van der Waals surface area contributed by atoms with E-state index in [0.29, 0.717) is 5.25 Å². The highest BCUT2D eigenvalue weighted by atomic mass is 32.2. The zero-order valence-electron chi connectivity index (χ0n) is 10.6. The summed E-state index contributed by atoms with van der Waals surface area (Å²) in [4.78, 5) is 15.0. The lowest BCUT2D eigenvalue weighted by Crippen LogP contribution is -2.24. The molecule has 1 aromatic carbocycles. The number of rotatable bonds is 2. The van der Waals surface area contributed by atoms with Crippen molar-refractivity contribution < 1.29 is 0 Å². The molecule has 1 aliphatic rings. The maximum atomic E-state index is 12.0. The molecule has 4 heteroatoms. The Kier molecular flexibility index (Phi) is 3.20. The number of aromatic amines is 1. The Labute approximate surface area is 111 Å². The number of H-pyrrole nitrogens is 1. The van der Waals surface area contributed by atoms with Crippen LogP contribution in [0.1, 0.15) is 24.8 Å². The van der Waals surface area contributed by atoms with Gasteiger partial charge in [0, 0.05) is 11.8 Å². The van der Waals surface area contributed by atoms with E-state index in [-0.39, 0.29) is 5.69 Å². The summed E-state index contributed by atoms with van der Waals surface area (Å²) in [7, 11) is 0. The third-order valence-electron chi connectivity index (χ3n) is 3.59. The van der Waals surface area contributed by atoms with Gasteiger partial charge in [-0.2, -0.15) is 11.8 Å². The first-order valence-corrected chi connectivity index (χ1v) is 7.60. The van der Waals surface area contributed by atoms with Gasteiger partial charge in [-0.25, -0.2) is 4.79 Å². The van der Waals surface area contributed by atoms with Crippen LogP contribution in [-0.4, -0.2) is 20.6 Å². The van der Waals surface area contributed by atoms with Gasteiger partial charge in [0.25, 0.3) is 0 Å². The molecule has 1 aromatic heterocycles. The Balaban J connectivity index is 1.95. The number of aromatic nitrogens is 2. The van der Waals surface area contributed by atoms with Gasteiger partial charge in [-0.1, -0.05) is 12.5 Å². The average molecular weight is 262 g/mol. The van der Waals surface area contributed by atoms with Gasteiger partial charge in [0.15, 0.2) is 0 Å². The predicted molar refractivity (Wildman–Crippen MR) is 77.4 cm³/mol. The maximum Gasteiger partial charge on any atom is 0.326 e. The Morgan fingerprint density at radius 3 is 3.11 bits per heavy atom. The van der Waals surface area contributed by atoms with Crippen molar-refractivity contribution in [3.8, 4) is 0 Å². The van der Waals surface area contributed by atoms with Gasteiger partial charge in [-0.05, 0) is 43.2 Å². The Hall–Kier alpha value is -1.16. The molecule has 2 aromatic rings. The number of benzene rings is 1. The molecule has 1 aliphatic heterocycles. The number of thioether (sulfide) groups is 1. The van der Waals surface area contributed by atoms with E-state index in [1.165, 1.54) is 30.6 Å². The fourth-order valence-corrected chi connectivity index (χ4v) is 3.91. The lowest BCUT2D eigenvalue weighted by atomic mass is 10.2. The standard InChI is InChI=1S/C14H18N2OS/c1-10-5-6-13-12(8-10)15-14(17)16(13)9-11-4-2-3-7-18-11/h5-6,8,11H,2-4,7,9H2,1H3,(H,15,17). The van der Waals surface area contributed by atoms with Gasteiger partial charge in [0.2, 0.25) is 0 Å². The van der Waals surface area contributed by atoms with Gasteiger partial charge in [-0.3, -0.25) is 4.57 Å². The van der Waals surface area contributed by atoms with E-state index in [4.69, 9.17) is 0 Å². The summed E-state index contributed by atoms with van der Waals surface area (Å²) >= 11 is 2.01. The van der Waals surface area contributed by atoms with Gasteiger partial charge in [-0.15, -0.1) is 0 Å². The molecule has 0 saturated carbocycles. The minimum atomic E-state index is 0.0294. The zero-order valence-corrected chi connectivity index (χ0v) is 11.4. The van der Waals surface area contributed by atoms with Crippen LogP contribution in [0, 0.1) is 6.92 Å². The lowest BCUT2D eigenvalue weighted by molar-refractivity contribution is 0.582. The van der Waals surface area contributed by atoms with E-state index in [2.05, 4.69) is 17.1 Å². The third-order valence-corrected chi connectivity index (χ3v) is 4.97. The molecule has 3 rings (SSSR count). The van der Waals surface area contributed by atoms with E-state index in [0.717, 1.165) is 17.6 Å². The average Bonchev–Trinajstić information content (AvgIpc) is 2.66. The van der Waals surface area contributed by atoms with Crippen LogP contribution in [0.3, 0.4) is 0 Å². The van der Waals surface area contributed by atoms with E-state index in [1.807, 2.05) is 29.3 Å². The van der Waals surface area contributed by atoms with Gasteiger partial charge >= 0.3 is 5.69 Å². The summed E-state index contributed by atoms with van der Waals surface area (Å²) in [6.07, 6.45) is 3.85. The van der Waals surface area contributed by atoms with Crippen LogP contribution < -0.4 is 5.69 Å². The van der Waals surface area contributed by atoms with Crippen molar-refractivity contribution in [2.24, 2.45) is 0 Å². The molecule has 0 aliphatic carbocycles. The zero-order chi connectivity index (χ0) is 12.5. The molecular formula is C14H18N2OS. The highest BCUT2D eigenvalue weighted by Gasteiger charge is 2.17. The van der Waals surface area contributed by atoms with Crippen molar-refractivity contribution in [2.45, 2.75) is 38.0 Å². The van der Waals surface area contributed by atoms with E-state index >= 15 is 0 Å². The number of aryl methyl sites for hydroxylation is 1. The molecule has 1 atom stereocenters. The molecule has 1 saturated heterocycles. The Bertz CT molecular complexity index is 608. The van der Waals surface area contributed by atoms with Crippen LogP contribution in [0.4, 0.5) is 0 Å². The van der Waals surface area contributed by atoms with Crippen molar-refractivity contribution >= 4 is 22.8 Å². The summed E-state index contributed by atoms with van der Waals surface area (Å²) < 4.78 is 1.90. The molecule has 2 heterocycles.